The normalized spacial score (nSPS) is 37.0. The Labute approximate surface area is 178 Å². The number of aliphatic hydroxyl groups is 1. The minimum Gasteiger partial charge on any atom is -0.391 e. The van der Waals surface area contributed by atoms with Crippen molar-refractivity contribution in [2.75, 3.05) is 31.6 Å². The number of hydrogen-bond donors (Lipinski definition) is 2. The molecular formula is C19H34FN2O6PS. The van der Waals surface area contributed by atoms with Crippen molar-refractivity contribution in [1.29, 1.82) is 0 Å². The van der Waals surface area contributed by atoms with E-state index in [9.17, 15) is 22.9 Å². The Morgan fingerprint density at radius 2 is 1.97 bits per heavy atom. The van der Waals surface area contributed by atoms with Gasteiger partial charge in [0.25, 0.3) is 0 Å². The molecule has 11 heteroatoms. The summed E-state index contributed by atoms with van der Waals surface area (Å²) in [6.07, 6.45) is 2.20. The van der Waals surface area contributed by atoms with Gasteiger partial charge in [-0.25, -0.2) is 9.11 Å². The third-order valence-electron chi connectivity index (χ3n) is 7.07. The fourth-order valence-corrected chi connectivity index (χ4v) is 8.32. The number of amides is 1. The minimum atomic E-state index is -4.11. The molecule has 1 saturated heterocycles. The first kappa shape index (κ1) is 24.1. The Hall–Kier alpha value is -0.540. The fourth-order valence-electron chi connectivity index (χ4n) is 5.20. The van der Waals surface area contributed by atoms with E-state index in [-0.39, 0.29) is 12.0 Å². The van der Waals surface area contributed by atoms with Crippen molar-refractivity contribution in [3.8, 4) is 0 Å². The molecule has 0 aromatic heterocycles. The summed E-state index contributed by atoms with van der Waals surface area (Å²) in [5.74, 6) is -1.15. The number of nitrogens with zero attached hydrogens (tertiary/aromatic N) is 1. The second kappa shape index (κ2) is 9.53. The van der Waals surface area contributed by atoms with Gasteiger partial charge in [-0.2, -0.15) is 12.7 Å². The standard InChI is InChI=1S/C19H34FN2O6PS/c1-3-29(25,4-2)9-5-8-28-14-7-6-13-10-16(23)19(18(20)15(13)11-14)22-12-17(24)21-30(22,26)27/h13-16,18-19,23H,3-12H2,1-2H3,(H,21,24). The summed E-state index contributed by atoms with van der Waals surface area (Å²) >= 11 is 0. The van der Waals surface area contributed by atoms with Crippen molar-refractivity contribution in [3.63, 3.8) is 0 Å². The molecule has 30 heavy (non-hydrogen) atoms. The molecule has 174 valence electrons. The first-order chi connectivity index (χ1) is 14.1. The minimum absolute atomic E-state index is 0.0273. The van der Waals surface area contributed by atoms with Crippen molar-refractivity contribution >= 4 is 23.3 Å². The molecule has 0 spiro atoms. The molecule has 1 amide bonds. The van der Waals surface area contributed by atoms with Gasteiger partial charge in [0.2, 0.25) is 5.91 Å². The zero-order valence-electron chi connectivity index (χ0n) is 17.7. The highest BCUT2D eigenvalue weighted by Gasteiger charge is 2.53. The topological polar surface area (TPSA) is 113 Å². The number of carbonyl (C=O) groups excluding carboxylic acids is 1. The SMILES string of the molecule is CCP(=O)(CC)CCCOC1CCC2CC(O)C(N3CC(=O)NS3(=O)=O)C(F)C2C1. The van der Waals surface area contributed by atoms with E-state index in [1.807, 2.05) is 18.6 Å². The van der Waals surface area contributed by atoms with Crippen LogP contribution in [0.15, 0.2) is 0 Å². The van der Waals surface area contributed by atoms with E-state index in [1.165, 1.54) is 0 Å². The molecule has 1 heterocycles. The summed E-state index contributed by atoms with van der Waals surface area (Å²) in [7, 11) is -6.21. The molecular weight excluding hydrogens is 434 g/mol. The summed E-state index contributed by atoms with van der Waals surface area (Å²) in [6.45, 7) is 3.92. The number of alkyl halides is 1. The Morgan fingerprint density at radius 1 is 1.27 bits per heavy atom. The fraction of sp³-hybridized carbons (Fsp3) is 0.947. The van der Waals surface area contributed by atoms with E-state index in [0.717, 1.165) is 10.7 Å². The number of aliphatic hydroxyl groups excluding tert-OH is 1. The van der Waals surface area contributed by atoms with Crippen LogP contribution in [0.2, 0.25) is 0 Å². The number of fused-ring (bicyclic) bond motifs is 1. The number of hydrogen-bond acceptors (Lipinski definition) is 6. The van der Waals surface area contributed by atoms with Crippen LogP contribution in [0.5, 0.6) is 0 Å². The largest absolute Gasteiger partial charge is 0.391 e. The predicted octanol–water partition coefficient (Wildman–Crippen LogP) is 1.73. The van der Waals surface area contributed by atoms with Crippen molar-refractivity contribution in [3.05, 3.63) is 0 Å². The molecule has 8 nitrogen and oxygen atoms in total. The van der Waals surface area contributed by atoms with Crippen LogP contribution in [0.1, 0.15) is 46.0 Å². The molecule has 2 aliphatic carbocycles. The molecule has 0 aromatic rings. The molecule has 3 fully saturated rings. The van der Waals surface area contributed by atoms with Gasteiger partial charge in [0.15, 0.2) is 0 Å². The van der Waals surface area contributed by atoms with Gasteiger partial charge in [-0.05, 0) is 56.3 Å². The van der Waals surface area contributed by atoms with E-state index < -0.39 is 54.0 Å². The lowest BCUT2D eigenvalue weighted by atomic mass is 9.66. The Kier molecular flexibility index (Phi) is 7.66. The summed E-state index contributed by atoms with van der Waals surface area (Å²) in [5, 5.41) is 10.5. The van der Waals surface area contributed by atoms with Gasteiger partial charge in [-0.15, -0.1) is 0 Å². The van der Waals surface area contributed by atoms with E-state index in [4.69, 9.17) is 4.74 Å². The second-order valence-corrected chi connectivity index (χ2v) is 14.3. The van der Waals surface area contributed by atoms with Crippen LogP contribution in [-0.4, -0.2) is 79.8 Å². The van der Waals surface area contributed by atoms with Crippen LogP contribution in [0.3, 0.4) is 0 Å². The van der Waals surface area contributed by atoms with Crippen LogP contribution in [0.25, 0.3) is 0 Å². The van der Waals surface area contributed by atoms with Crippen LogP contribution >= 0.6 is 7.14 Å². The molecule has 1 aliphatic heterocycles. The summed E-state index contributed by atoms with van der Waals surface area (Å²) in [5.41, 5.74) is 0. The Bertz CT molecular complexity index is 773. The van der Waals surface area contributed by atoms with E-state index in [1.54, 1.807) is 0 Å². The highest BCUT2D eigenvalue weighted by atomic mass is 32.2. The number of nitrogens with one attached hydrogen (secondary N) is 1. The lowest BCUT2D eigenvalue weighted by Gasteiger charge is -2.47. The first-order valence-corrected chi connectivity index (χ1v) is 14.6. The molecule has 2 saturated carbocycles. The molecule has 0 radical (unpaired) electrons. The van der Waals surface area contributed by atoms with Gasteiger partial charge in [0, 0.05) is 12.8 Å². The number of ether oxygens (including phenoxy) is 1. The maximum absolute atomic E-state index is 15.5. The average molecular weight is 469 g/mol. The van der Waals surface area contributed by atoms with Gasteiger partial charge in [-0.1, -0.05) is 13.8 Å². The van der Waals surface area contributed by atoms with Crippen LogP contribution in [0.4, 0.5) is 4.39 Å². The highest BCUT2D eigenvalue weighted by molar-refractivity contribution is 7.88. The number of halogens is 1. The van der Waals surface area contributed by atoms with Gasteiger partial charge >= 0.3 is 10.2 Å². The van der Waals surface area contributed by atoms with Gasteiger partial charge in [-0.3, -0.25) is 4.79 Å². The average Bonchev–Trinajstić information content (AvgIpc) is 2.97. The lowest BCUT2D eigenvalue weighted by Crippen LogP contribution is -2.59. The number of carbonyl (C=O) groups is 1. The molecule has 6 atom stereocenters. The third kappa shape index (κ3) is 5.09. The van der Waals surface area contributed by atoms with Crippen molar-refractivity contribution in [1.82, 2.24) is 9.03 Å². The van der Waals surface area contributed by atoms with E-state index >= 15 is 4.39 Å². The van der Waals surface area contributed by atoms with E-state index in [0.29, 0.717) is 50.8 Å². The van der Waals surface area contributed by atoms with Crippen LogP contribution in [-0.2, 0) is 24.3 Å². The molecule has 6 unspecified atom stereocenters. The lowest BCUT2D eigenvalue weighted by molar-refractivity contribution is -0.120. The van der Waals surface area contributed by atoms with Crippen molar-refractivity contribution in [2.45, 2.75) is 70.4 Å². The first-order valence-electron chi connectivity index (χ1n) is 10.9. The van der Waals surface area contributed by atoms with Crippen LogP contribution < -0.4 is 4.72 Å². The van der Waals surface area contributed by atoms with Crippen molar-refractivity contribution in [2.24, 2.45) is 11.8 Å². The Morgan fingerprint density at radius 3 is 2.57 bits per heavy atom. The zero-order chi connectivity index (χ0) is 22.1. The summed E-state index contributed by atoms with van der Waals surface area (Å²) in [4.78, 5) is 11.5. The summed E-state index contributed by atoms with van der Waals surface area (Å²) in [6, 6.07) is -1.26. The molecule has 3 aliphatic rings. The van der Waals surface area contributed by atoms with Gasteiger partial charge in [0.1, 0.15) is 6.17 Å². The maximum atomic E-state index is 15.5. The maximum Gasteiger partial charge on any atom is 0.304 e. The van der Waals surface area contributed by atoms with E-state index in [2.05, 4.69) is 0 Å². The van der Waals surface area contributed by atoms with Gasteiger partial charge < -0.3 is 14.4 Å². The second-order valence-electron chi connectivity index (χ2n) is 8.81. The quantitative estimate of drug-likeness (QED) is 0.414. The van der Waals surface area contributed by atoms with Crippen molar-refractivity contribution < 1.29 is 32.0 Å². The van der Waals surface area contributed by atoms with Crippen LogP contribution in [0, 0.1) is 11.8 Å². The summed E-state index contributed by atoms with van der Waals surface area (Å²) < 4.78 is 60.9. The monoisotopic (exact) mass is 468 g/mol. The molecule has 0 bridgehead atoms. The predicted molar refractivity (Wildman–Crippen MR) is 112 cm³/mol. The molecule has 0 aromatic carbocycles. The molecule has 2 N–H and O–H groups in total. The smallest absolute Gasteiger partial charge is 0.304 e. The Balaban J connectivity index is 1.58. The third-order valence-corrected chi connectivity index (χ3v) is 12.0. The highest BCUT2D eigenvalue weighted by Crippen LogP contribution is 2.46. The van der Waals surface area contributed by atoms with Gasteiger partial charge in [0.05, 0.1) is 31.9 Å². The number of rotatable bonds is 8. The zero-order valence-corrected chi connectivity index (χ0v) is 19.4. The molecule has 3 rings (SSSR count).